The topological polar surface area (TPSA) is 80.1 Å². The Morgan fingerprint density at radius 3 is 2.67 bits per heavy atom. The van der Waals surface area contributed by atoms with Gasteiger partial charge in [-0.3, -0.25) is 14.3 Å². The number of pyridine rings is 1. The first kappa shape index (κ1) is 20.9. The Labute approximate surface area is 192 Å². The number of anilines is 1. The minimum absolute atomic E-state index is 0.184. The molecule has 0 unspecified atom stereocenters. The Kier molecular flexibility index (Phi) is 5.38. The number of hydrogen-bond donors (Lipinski definition) is 1. The molecule has 1 fully saturated rings. The number of rotatable bonds is 5. The fourth-order valence-electron chi connectivity index (χ4n) is 4.42. The molecule has 0 atom stereocenters. The van der Waals surface area contributed by atoms with Crippen molar-refractivity contribution >= 4 is 28.5 Å². The van der Waals surface area contributed by atoms with Gasteiger partial charge in [0.1, 0.15) is 0 Å². The van der Waals surface area contributed by atoms with Crippen LogP contribution >= 0.6 is 0 Å². The van der Waals surface area contributed by atoms with Crippen LogP contribution in [-0.4, -0.2) is 38.0 Å². The van der Waals surface area contributed by atoms with Gasteiger partial charge in [0, 0.05) is 37.8 Å². The van der Waals surface area contributed by atoms with Crippen molar-refractivity contribution in [2.75, 3.05) is 11.9 Å². The third-order valence-corrected chi connectivity index (χ3v) is 6.01. The lowest BCUT2D eigenvalue weighted by Gasteiger charge is -2.16. The van der Waals surface area contributed by atoms with Crippen molar-refractivity contribution < 1.29 is 9.59 Å². The average molecular weight is 440 g/mol. The lowest BCUT2D eigenvalue weighted by molar-refractivity contribution is -0.128. The van der Waals surface area contributed by atoms with Gasteiger partial charge >= 0.3 is 0 Å². The monoisotopic (exact) mass is 439 g/mol. The number of benzene rings is 2. The Bertz CT molecular complexity index is 1360. The van der Waals surface area contributed by atoms with Crippen LogP contribution in [0.3, 0.4) is 0 Å². The summed E-state index contributed by atoms with van der Waals surface area (Å²) in [5.41, 5.74) is 5.29. The molecule has 166 valence electrons. The minimum atomic E-state index is -0.218. The van der Waals surface area contributed by atoms with Gasteiger partial charge in [0.25, 0.3) is 5.91 Å². The van der Waals surface area contributed by atoms with E-state index in [0.717, 1.165) is 40.9 Å². The van der Waals surface area contributed by atoms with Crippen LogP contribution in [0.2, 0.25) is 0 Å². The second-order valence-corrected chi connectivity index (χ2v) is 8.40. The maximum Gasteiger partial charge on any atom is 0.256 e. The summed E-state index contributed by atoms with van der Waals surface area (Å²) in [4.78, 5) is 32.1. The van der Waals surface area contributed by atoms with E-state index >= 15 is 0 Å². The number of aromatic nitrogens is 3. The van der Waals surface area contributed by atoms with E-state index in [1.54, 1.807) is 4.68 Å². The van der Waals surface area contributed by atoms with Crippen molar-refractivity contribution in [3.8, 4) is 11.3 Å². The molecular formula is C26H25N5O2. The van der Waals surface area contributed by atoms with E-state index in [1.165, 1.54) is 0 Å². The van der Waals surface area contributed by atoms with Crippen LogP contribution < -0.4 is 5.32 Å². The first-order valence-corrected chi connectivity index (χ1v) is 11.1. The highest BCUT2D eigenvalue weighted by Gasteiger charge is 2.21. The third-order valence-electron chi connectivity index (χ3n) is 6.01. The summed E-state index contributed by atoms with van der Waals surface area (Å²) in [6.45, 7) is 3.23. The smallest absolute Gasteiger partial charge is 0.256 e. The van der Waals surface area contributed by atoms with E-state index in [-0.39, 0.29) is 11.8 Å². The van der Waals surface area contributed by atoms with Crippen molar-refractivity contribution in [1.29, 1.82) is 0 Å². The maximum absolute atomic E-state index is 13.4. The average Bonchev–Trinajstić information content (AvgIpc) is 3.35. The van der Waals surface area contributed by atoms with Gasteiger partial charge in [0.15, 0.2) is 5.65 Å². The predicted octanol–water partition coefficient (Wildman–Crippen LogP) is 4.32. The van der Waals surface area contributed by atoms with Gasteiger partial charge < -0.3 is 10.2 Å². The van der Waals surface area contributed by atoms with E-state index in [4.69, 9.17) is 4.98 Å². The minimum Gasteiger partial charge on any atom is -0.338 e. The number of aryl methyl sites for hydroxylation is 2. The summed E-state index contributed by atoms with van der Waals surface area (Å²) in [5.74, 6) is -0.0332. The lowest BCUT2D eigenvalue weighted by Crippen LogP contribution is -2.23. The SMILES string of the molecule is Cc1nn(C)c2nc(-c3ccccc3)cc(C(=O)Nc3cccc(CN4CCCC4=O)c3)c12. The highest BCUT2D eigenvalue weighted by atomic mass is 16.2. The lowest BCUT2D eigenvalue weighted by atomic mass is 10.0. The summed E-state index contributed by atoms with van der Waals surface area (Å²) < 4.78 is 1.71. The normalized spacial score (nSPS) is 13.6. The van der Waals surface area contributed by atoms with E-state index in [1.807, 2.05) is 79.5 Å². The zero-order valence-electron chi connectivity index (χ0n) is 18.7. The number of amides is 2. The molecule has 4 aromatic rings. The van der Waals surface area contributed by atoms with Gasteiger partial charge in [0.2, 0.25) is 5.91 Å². The van der Waals surface area contributed by atoms with E-state index in [9.17, 15) is 9.59 Å². The van der Waals surface area contributed by atoms with Crippen LogP contribution in [0.15, 0.2) is 60.7 Å². The molecule has 0 radical (unpaired) electrons. The molecule has 1 saturated heterocycles. The Hall–Kier alpha value is -4.00. The molecule has 0 bridgehead atoms. The number of carbonyl (C=O) groups is 2. The molecule has 5 rings (SSSR count). The molecule has 0 spiro atoms. The van der Waals surface area contributed by atoms with Gasteiger partial charge in [-0.05, 0) is 37.1 Å². The number of fused-ring (bicyclic) bond motifs is 1. The second kappa shape index (κ2) is 8.50. The van der Waals surface area contributed by atoms with Crippen LogP contribution in [-0.2, 0) is 18.4 Å². The van der Waals surface area contributed by atoms with E-state index in [2.05, 4.69) is 10.4 Å². The quantitative estimate of drug-likeness (QED) is 0.502. The van der Waals surface area contributed by atoms with Gasteiger partial charge in [-0.15, -0.1) is 0 Å². The molecule has 0 aliphatic carbocycles. The van der Waals surface area contributed by atoms with Gasteiger partial charge in [-0.1, -0.05) is 42.5 Å². The zero-order chi connectivity index (χ0) is 22.9. The third kappa shape index (κ3) is 4.09. The molecule has 2 aromatic carbocycles. The van der Waals surface area contributed by atoms with Crippen molar-refractivity contribution in [1.82, 2.24) is 19.7 Å². The summed E-state index contributed by atoms with van der Waals surface area (Å²) in [6, 6.07) is 19.3. The van der Waals surface area contributed by atoms with Gasteiger partial charge in [-0.2, -0.15) is 5.10 Å². The molecular weight excluding hydrogens is 414 g/mol. The standard InChI is InChI=1S/C26H25N5O2/c1-17-24-21(15-22(19-9-4-3-5-10-19)28-25(24)30(2)29-17)26(33)27-20-11-6-8-18(14-20)16-31-13-7-12-23(31)32/h3-6,8-11,14-15H,7,12-13,16H2,1-2H3,(H,27,33). The van der Waals surface area contributed by atoms with Gasteiger partial charge in [0.05, 0.1) is 22.3 Å². The molecule has 1 aliphatic rings. The highest BCUT2D eigenvalue weighted by molar-refractivity contribution is 6.13. The predicted molar refractivity (Wildman–Crippen MR) is 128 cm³/mol. The zero-order valence-corrected chi connectivity index (χ0v) is 18.7. The summed E-state index contributed by atoms with van der Waals surface area (Å²) in [7, 11) is 1.84. The van der Waals surface area contributed by atoms with Crippen molar-refractivity contribution in [3.63, 3.8) is 0 Å². The summed E-state index contributed by atoms with van der Waals surface area (Å²) in [5, 5.41) is 8.27. The van der Waals surface area contributed by atoms with Crippen LogP contribution in [0.25, 0.3) is 22.3 Å². The molecule has 2 aromatic heterocycles. The first-order valence-electron chi connectivity index (χ1n) is 11.1. The Morgan fingerprint density at radius 1 is 1.09 bits per heavy atom. The number of likely N-dealkylation sites (tertiary alicyclic amines) is 1. The molecule has 2 amide bonds. The summed E-state index contributed by atoms with van der Waals surface area (Å²) >= 11 is 0. The molecule has 7 nitrogen and oxygen atoms in total. The number of hydrogen-bond acceptors (Lipinski definition) is 4. The summed E-state index contributed by atoms with van der Waals surface area (Å²) in [6.07, 6.45) is 1.52. The first-order chi connectivity index (χ1) is 16.0. The fraction of sp³-hybridized carbons (Fsp3) is 0.231. The van der Waals surface area contributed by atoms with Gasteiger partial charge in [-0.25, -0.2) is 4.98 Å². The number of nitrogens with zero attached hydrogens (tertiary/aromatic N) is 4. The second-order valence-electron chi connectivity index (χ2n) is 8.40. The molecule has 7 heteroatoms. The number of carbonyl (C=O) groups excluding carboxylic acids is 2. The van der Waals surface area contributed by atoms with Crippen molar-refractivity contribution in [3.05, 3.63) is 77.5 Å². The maximum atomic E-state index is 13.4. The molecule has 3 heterocycles. The largest absolute Gasteiger partial charge is 0.338 e. The molecule has 1 N–H and O–H groups in total. The van der Waals surface area contributed by atoms with Crippen molar-refractivity contribution in [2.45, 2.75) is 26.3 Å². The fourth-order valence-corrected chi connectivity index (χ4v) is 4.42. The van der Waals surface area contributed by atoms with E-state index < -0.39 is 0 Å². The highest BCUT2D eigenvalue weighted by Crippen LogP contribution is 2.28. The van der Waals surface area contributed by atoms with Crippen LogP contribution in [0.4, 0.5) is 5.69 Å². The van der Waals surface area contributed by atoms with Crippen molar-refractivity contribution in [2.24, 2.45) is 7.05 Å². The van der Waals surface area contributed by atoms with E-state index in [0.29, 0.717) is 29.9 Å². The number of nitrogens with one attached hydrogen (secondary N) is 1. The molecule has 1 aliphatic heterocycles. The Morgan fingerprint density at radius 2 is 1.91 bits per heavy atom. The van der Waals surface area contributed by atoms with Crippen LogP contribution in [0.5, 0.6) is 0 Å². The molecule has 0 saturated carbocycles. The Balaban J connectivity index is 1.48. The molecule has 33 heavy (non-hydrogen) atoms. The van der Waals surface area contributed by atoms with Crippen LogP contribution in [0.1, 0.15) is 34.5 Å². The van der Waals surface area contributed by atoms with Crippen LogP contribution in [0, 0.1) is 6.92 Å².